The van der Waals surface area contributed by atoms with Crippen LogP contribution in [0.15, 0.2) is 92.2 Å². The average molecular weight is 1190 g/mol. The molecule has 4 aromatic carbocycles. The molecule has 27 heteroatoms. The molecule has 0 atom stereocenters. The summed E-state index contributed by atoms with van der Waals surface area (Å²) in [4.78, 5) is 41.0. The number of aromatic nitrogens is 2. The minimum absolute atomic E-state index is 0.0186. The van der Waals surface area contributed by atoms with Crippen molar-refractivity contribution in [3.63, 3.8) is 0 Å². The Hall–Kier alpha value is -5.21. The van der Waals surface area contributed by atoms with E-state index in [1.165, 1.54) is 27.7 Å². The van der Waals surface area contributed by atoms with Crippen LogP contribution in [-0.4, -0.2) is 76.5 Å². The topological polar surface area (TPSA) is 252 Å². The van der Waals surface area contributed by atoms with Crippen LogP contribution in [0.2, 0.25) is 20.1 Å². The Bertz CT molecular complexity index is 3170. The molecule has 6 aromatic rings. The Morgan fingerprint density at radius 1 is 0.667 bits per heavy atom. The molecule has 0 saturated carbocycles. The van der Waals surface area contributed by atoms with Crippen LogP contribution in [0.4, 0.5) is 19.4 Å². The number of nitrogens with two attached hydrogens (primary N) is 2. The Kier molecular flexibility index (Phi) is 22.4. The van der Waals surface area contributed by atoms with Crippen molar-refractivity contribution in [1.82, 2.24) is 20.6 Å². The van der Waals surface area contributed by atoms with Gasteiger partial charge in [-0.3, -0.25) is 9.59 Å². The molecule has 6 rings (SSSR count). The first kappa shape index (κ1) is 60.7. The Morgan fingerprint density at radius 2 is 1.15 bits per heavy atom. The van der Waals surface area contributed by atoms with Crippen molar-refractivity contribution >= 4 is 113 Å². The number of hydrogen-bond donors (Lipinski definition) is 4. The Morgan fingerprint density at radius 3 is 1.60 bits per heavy atom. The molecule has 6 N–H and O–H groups in total. The number of carbonyl (C=O) groups excluding carboxylic acids is 3. The third kappa shape index (κ3) is 18.5. The number of ether oxygens (including phenoxy) is 3. The summed E-state index contributed by atoms with van der Waals surface area (Å²) in [6.45, 7) is 6.85. The van der Waals surface area contributed by atoms with E-state index < -0.39 is 64.6 Å². The van der Waals surface area contributed by atoms with Gasteiger partial charge in [0.25, 0.3) is 10.0 Å². The number of amides is 3. The molecule has 0 aliphatic carbocycles. The molecular weight excluding hydrogens is 1140 g/mol. The molecule has 75 heavy (non-hydrogen) atoms. The minimum atomic E-state index is -4.84. The summed E-state index contributed by atoms with van der Waals surface area (Å²) in [6.07, 6.45) is 1.70. The normalized spacial score (nSPS) is 11.6. The smallest absolute Gasteiger partial charge is 0.430 e. The SMILES string of the molecule is CC(C)(C)OC(=O)N(c1cscn1)S(=O)(=O)c1cc(Cl)c(Oc2ccc(Cl)cc2CCCNCCC(N)=O)cc1F.NC(=O)CCNCCCc1cc(Cl)ccc1Oc1cc(F)c(S(=O)(=O)Cc2cscn2)cc1Cl. The van der Waals surface area contributed by atoms with Gasteiger partial charge in [0.2, 0.25) is 11.8 Å². The summed E-state index contributed by atoms with van der Waals surface area (Å²) in [5.41, 5.74) is 13.8. The molecule has 404 valence electrons. The highest BCUT2D eigenvalue weighted by Crippen LogP contribution is 2.39. The number of aryl methyl sites for hydroxylation is 2. The maximum atomic E-state index is 15.4. The summed E-state index contributed by atoms with van der Waals surface area (Å²) in [5, 5.41) is 9.81. The molecule has 0 unspecified atom stereocenters. The number of thiazole rings is 2. The van der Waals surface area contributed by atoms with Crippen molar-refractivity contribution < 1.29 is 54.2 Å². The molecule has 3 amide bonds. The van der Waals surface area contributed by atoms with Crippen molar-refractivity contribution in [3.8, 4) is 23.0 Å². The number of primary amides is 2. The highest BCUT2D eigenvalue weighted by Gasteiger charge is 2.38. The maximum absolute atomic E-state index is 15.4. The molecule has 0 fully saturated rings. The number of anilines is 1. The zero-order chi connectivity index (χ0) is 55.1. The molecule has 2 heterocycles. The van der Waals surface area contributed by atoms with Gasteiger partial charge >= 0.3 is 6.09 Å². The number of sulfonamides is 1. The van der Waals surface area contributed by atoms with E-state index in [1.807, 2.05) is 0 Å². The average Bonchev–Trinajstić information content (AvgIpc) is 4.04. The molecular formula is C48H51Cl4F2N7O10S4. The van der Waals surface area contributed by atoms with Crippen molar-refractivity contribution in [3.05, 3.63) is 131 Å². The van der Waals surface area contributed by atoms with Crippen LogP contribution >= 0.6 is 69.1 Å². The number of nitrogens with zero attached hydrogens (tertiary/aromatic N) is 3. The van der Waals surface area contributed by atoms with Crippen molar-refractivity contribution in [1.29, 1.82) is 0 Å². The second-order valence-corrected chi connectivity index (χ2v) is 23.9. The molecule has 0 spiro atoms. The van der Waals surface area contributed by atoms with Crippen LogP contribution in [0.25, 0.3) is 0 Å². The first-order valence-electron chi connectivity index (χ1n) is 22.5. The third-order valence-corrected chi connectivity index (χ3v) is 15.6. The number of carbonyl (C=O) groups is 3. The van der Waals surface area contributed by atoms with Crippen LogP contribution < -0.4 is 35.9 Å². The monoisotopic (exact) mass is 1190 g/mol. The maximum Gasteiger partial charge on any atom is 0.430 e. The predicted octanol–water partition coefficient (Wildman–Crippen LogP) is 10.7. The fraction of sp³-hybridized carbons (Fsp3) is 0.312. The minimum Gasteiger partial charge on any atom is -0.455 e. The van der Waals surface area contributed by atoms with Gasteiger partial charge in [0.1, 0.15) is 50.0 Å². The standard InChI is InChI=1S/C26H29Cl2FN4O6S2.C22H22Cl2FN3O4S2/c1-26(2,3)39-25(35)33(24-14-40-15-32-24)41(36,37)22-12-18(28)21(13-19(22)29)38-20-7-6-17(27)11-16(20)5-4-9-31-10-8-23(30)34;23-15-3-4-19(14(8-15)2-1-6-27-7-5-22(26)29)32-20-10-18(25)21(9-17(20)24)34(30,31)12-16-11-33-13-28-16/h6-7,11-15,31H,4-5,8-10H2,1-3H3,(H2,30,34);3-4,8-11,13,27H,1-2,5-7,12H2,(H2,26,29). The van der Waals surface area contributed by atoms with Crippen LogP contribution in [0.5, 0.6) is 23.0 Å². The highest BCUT2D eigenvalue weighted by atomic mass is 35.5. The van der Waals surface area contributed by atoms with E-state index in [0.717, 1.165) is 41.2 Å². The van der Waals surface area contributed by atoms with Gasteiger partial charge < -0.3 is 36.3 Å². The lowest BCUT2D eigenvalue weighted by atomic mass is 10.1. The number of halogens is 6. The molecule has 0 aliphatic rings. The summed E-state index contributed by atoms with van der Waals surface area (Å²) < 4.78 is 99.8. The second kappa shape index (κ2) is 27.7. The number of sulfone groups is 1. The van der Waals surface area contributed by atoms with Crippen LogP contribution in [-0.2, 0) is 52.8 Å². The number of nitrogens with one attached hydrogen (secondary N) is 2. The Balaban J connectivity index is 0.000000282. The number of hydrogen-bond acceptors (Lipinski definition) is 16. The zero-order valence-corrected chi connectivity index (χ0v) is 46.6. The molecule has 17 nitrogen and oxygen atoms in total. The van der Waals surface area contributed by atoms with E-state index in [0.29, 0.717) is 89.0 Å². The lowest BCUT2D eigenvalue weighted by Gasteiger charge is -2.26. The van der Waals surface area contributed by atoms with Gasteiger partial charge in [0.05, 0.1) is 32.5 Å². The van der Waals surface area contributed by atoms with E-state index in [1.54, 1.807) is 62.5 Å². The molecule has 0 bridgehead atoms. The lowest BCUT2D eigenvalue weighted by Crippen LogP contribution is -2.41. The fourth-order valence-corrected chi connectivity index (χ4v) is 11.5. The quantitative estimate of drug-likeness (QED) is 0.0412. The fourth-order valence-electron chi connectivity index (χ4n) is 6.62. The number of benzene rings is 4. The van der Waals surface area contributed by atoms with Crippen molar-refractivity contribution in [2.75, 3.05) is 30.5 Å². The predicted molar refractivity (Wildman–Crippen MR) is 287 cm³/mol. The van der Waals surface area contributed by atoms with Gasteiger partial charge in [-0.2, -0.15) is 0 Å². The van der Waals surface area contributed by atoms with E-state index in [2.05, 4.69) is 20.6 Å². The largest absolute Gasteiger partial charge is 0.455 e. The van der Waals surface area contributed by atoms with Crippen molar-refractivity contribution in [2.24, 2.45) is 11.5 Å². The van der Waals surface area contributed by atoms with Crippen LogP contribution in [0, 0.1) is 11.6 Å². The summed E-state index contributed by atoms with van der Waals surface area (Å²) in [7, 11) is -8.83. The third-order valence-electron chi connectivity index (χ3n) is 10.0. The number of rotatable bonds is 24. The van der Waals surface area contributed by atoms with E-state index >= 15 is 4.39 Å². The van der Waals surface area contributed by atoms with E-state index in [-0.39, 0.29) is 46.1 Å². The highest BCUT2D eigenvalue weighted by molar-refractivity contribution is 7.93. The molecule has 0 aliphatic heterocycles. The summed E-state index contributed by atoms with van der Waals surface area (Å²) in [6, 6.07) is 13.6. The van der Waals surface area contributed by atoms with Gasteiger partial charge in [-0.25, -0.2) is 40.4 Å². The lowest BCUT2D eigenvalue weighted by molar-refractivity contribution is -0.118. The first-order chi connectivity index (χ1) is 35.3. The summed E-state index contributed by atoms with van der Waals surface area (Å²) >= 11 is 27.2. The van der Waals surface area contributed by atoms with Gasteiger partial charge in [0, 0.05) is 58.9 Å². The Labute approximate surface area is 460 Å². The summed E-state index contributed by atoms with van der Waals surface area (Å²) in [5.74, 6) is -3.04. The molecule has 2 aromatic heterocycles. The molecule has 0 radical (unpaired) electrons. The van der Waals surface area contributed by atoms with Crippen molar-refractivity contribution in [2.45, 2.75) is 80.4 Å². The zero-order valence-electron chi connectivity index (χ0n) is 40.3. The van der Waals surface area contributed by atoms with E-state index in [9.17, 15) is 35.6 Å². The van der Waals surface area contributed by atoms with Gasteiger partial charge in [0.15, 0.2) is 15.7 Å². The van der Waals surface area contributed by atoms with Crippen LogP contribution in [0.1, 0.15) is 63.3 Å². The van der Waals surface area contributed by atoms with Gasteiger partial charge in [-0.15, -0.1) is 27.0 Å². The van der Waals surface area contributed by atoms with Crippen LogP contribution in [0.3, 0.4) is 0 Å². The van der Waals surface area contributed by atoms with Gasteiger partial charge in [-0.1, -0.05) is 46.4 Å². The van der Waals surface area contributed by atoms with E-state index in [4.69, 9.17) is 72.1 Å². The molecule has 0 saturated heterocycles. The second-order valence-electron chi connectivity index (χ2n) is 17.1. The van der Waals surface area contributed by atoms with Gasteiger partial charge in [-0.05, 0) is 119 Å². The first-order valence-corrected chi connectivity index (χ1v) is 29.0.